The minimum absolute atomic E-state index is 0.0761. The van der Waals surface area contributed by atoms with Gasteiger partial charge in [0.2, 0.25) is 15.9 Å². The van der Waals surface area contributed by atoms with Gasteiger partial charge in [0.15, 0.2) is 0 Å². The van der Waals surface area contributed by atoms with E-state index in [2.05, 4.69) is 4.98 Å². The minimum Gasteiger partial charge on any atom is -0.310 e. The molecule has 1 atom stereocenters. The second kappa shape index (κ2) is 4.90. The molecule has 2 N–H and O–H groups in total. The third kappa shape index (κ3) is 3.10. The number of nitrogens with two attached hydrogens (primary N) is 1. The molecule has 19 heavy (non-hydrogen) atoms. The number of aromatic nitrogens is 1. The van der Waals surface area contributed by atoms with Gasteiger partial charge in [0.05, 0.1) is 17.1 Å². The van der Waals surface area contributed by atoms with Crippen LogP contribution in [0.3, 0.4) is 0 Å². The van der Waals surface area contributed by atoms with Crippen molar-refractivity contribution in [2.24, 2.45) is 11.1 Å². The van der Waals surface area contributed by atoms with Crippen LogP contribution in [0.5, 0.6) is 0 Å². The van der Waals surface area contributed by atoms with Crippen LogP contribution in [0.2, 0.25) is 0 Å². The third-order valence-electron chi connectivity index (χ3n) is 3.25. The number of amides is 1. The number of rotatable bonds is 3. The number of pyridine rings is 1. The van der Waals surface area contributed by atoms with Crippen LogP contribution < -0.4 is 10.0 Å². The van der Waals surface area contributed by atoms with Gasteiger partial charge in [-0.15, -0.1) is 0 Å². The second-order valence-electron chi connectivity index (χ2n) is 4.97. The van der Waals surface area contributed by atoms with E-state index >= 15 is 0 Å². The second-order valence-corrected chi connectivity index (χ2v) is 6.62. The molecule has 2 heterocycles. The first-order chi connectivity index (χ1) is 8.78. The van der Waals surface area contributed by atoms with Crippen LogP contribution in [0.4, 0.5) is 5.69 Å². The van der Waals surface area contributed by atoms with Gasteiger partial charge in [-0.3, -0.25) is 9.78 Å². The van der Waals surface area contributed by atoms with Gasteiger partial charge in [0.1, 0.15) is 0 Å². The monoisotopic (exact) mass is 283 g/mol. The molecule has 1 unspecified atom stereocenters. The quantitative estimate of drug-likeness (QED) is 0.865. The fraction of sp³-hybridized carbons (Fsp3) is 0.500. The van der Waals surface area contributed by atoms with Gasteiger partial charge in [-0.2, -0.15) is 0 Å². The normalized spacial score (nSPS) is 20.1. The molecule has 7 heteroatoms. The molecular weight excluding hydrogens is 266 g/mol. The summed E-state index contributed by atoms with van der Waals surface area (Å²) in [6, 6.07) is 1.84. The zero-order valence-electron chi connectivity index (χ0n) is 11.0. The number of nitrogens with zero attached hydrogens (tertiary/aromatic N) is 2. The number of anilines is 1. The van der Waals surface area contributed by atoms with Crippen LogP contribution in [0, 0.1) is 19.8 Å². The van der Waals surface area contributed by atoms with Crippen molar-refractivity contribution in [2.45, 2.75) is 20.3 Å². The number of hydrogen-bond donors (Lipinski definition) is 1. The molecule has 104 valence electrons. The lowest BCUT2D eigenvalue weighted by molar-refractivity contribution is -0.117. The van der Waals surface area contributed by atoms with Crippen molar-refractivity contribution < 1.29 is 13.2 Å². The van der Waals surface area contributed by atoms with Gasteiger partial charge >= 0.3 is 0 Å². The highest BCUT2D eigenvalue weighted by atomic mass is 32.2. The maximum atomic E-state index is 12.0. The maximum Gasteiger partial charge on any atom is 0.227 e. The minimum atomic E-state index is -3.55. The summed E-state index contributed by atoms with van der Waals surface area (Å²) in [5, 5.41) is 5.03. The highest BCUT2D eigenvalue weighted by Gasteiger charge is 2.34. The Morgan fingerprint density at radius 2 is 2.16 bits per heavy atom. The fourth-order valence-electron chi connectivity index (χ4n) is 2.53. The summed E-state index contributed by atoms with van der Waals surface area (Å²) in [6.07, 6.45) is 1.90. The summed E-state index contributed by atoms with van der Waals surface area (Å²) in [6.45, 7) is 4.12. The lowest BCUT2D eigenvalue weighted by atomic mass is 10.1. The van der Waals surface area contributed by atoms with E-state index in [1.54, 1.807) is 11.1 Å². The van der Waals surface area contributed by atoms with E-state index in [1.807, 2.05) is 19.9 Å². The molecule has 0 spiro atoms. The number of primary sulfonamides is 1. The summed E-state index contributed by atoms with van der Waals surface area (Å²) >= 11 is 0. The molecule has 0 aromatic carbocycles. The Balaban J connectivity index is 2.26. The molecule has 0 radical (unpaired) electrons. The van der Waals surface area contributed by atoms with Gasteiger partial charge in [0.25, 0.3) is 0 Å². The highest BCUT2D eigenvalue weighted by Crippen LogP contribution is 2.29. The molecule has 0 saturated carbocycles. The van der Waals surface area contributed by atoms with E-state index in [0.717, 1.165) is 16.9 Å². The Morgan fingerprint density at radius 1 is 1.47 bits per heavy atom. The van der Waals surface area contributed by atoms with Crippen molar-refractivity contribution in [1.82, 2.24) is 4.98 Å². The molecule has 1 saturated heterocycles. The summed E-state index contributed by atoms with van der Waals surface area (Å²) < 4.78 is 22.2. The molecule has 2 rings (SSSR count). The zero-order valence-corrected chi connectivity index (χ0v) is 11.8. The first kappa shape index (κ1) is 14.0. The Bertz CT molecular complexity index is 592. The fourth-order valence-corrected chi connectivity index (χ4v) is 3.41. The van der Waals surface area contributed by atoms with Crippen molar-refractivity contribution >= 4 is 21.6 Å². The van der Waals surface area contributed by atoms with Crippen LogP contribution in [-0.2, 0) is 14.8 Å². The summed E-state index contributed by atoms with van der Waals surface area (Å²) in [5.74, 6) is -0.484. The smallest absolute Gasteiger partial charge is 0.227 e. The molecule has 1 aliphatic heterocycles. The van der Waals surface area contributed by atoms with Crippen molar-refractivity contribution in [2.75, 3.05) is 17.2 Å². The maximum absolute atomic E-state index is 12.0. The molecule has 6 nitrogen and oxygen atoms in total. The first-order valence-corrected chi connectivity index (χ1v) is 7.72. The van der Waals surface area contributed by atoms with Gasteiger partial charge in [-0.05, 0) is 25.5 Å². The Hall–Kier alpha value is -1.47. The number of carbonyl (C=O) groups excluding carboxylic acids is 1. The standard InChI is InChI=1S/C12H17N3O3S/c1-8-3-4-14-9(2)12(8)15-6-10(5-11(15)16)7-19(13,17)18/h3-4,10H,5-7H2,1-2H3,(H2,13,17,18). The van der Waals surface area contributed by atoms with Crippen LogP contribution >= 0.6 is 0 Å². The largest absolute Gasteiger partial charge is 0.310 e. The average molecular weight is 283 g/mol. The summed E-state index contributed by atoms with van der Waals surface area (Å²) in [7, 11) is -3.55. The lowest BCUT2D eigenvalue weighted by Crippen LogP contribution is -2.28. The molecular formula is C12H17N3O3S. The number of carbonyl (C=O) groups is 1. The van der Waals surface area contributed by atoms with Gasteiger partial charge in [0, 0.05) is 25.1 Å². The molecule has 1 aromatic heterocycles. The highest BCUT2D eigenvalue weighted by molar-refractivity contribution is 7.89. The zero-order chi connectivity index (χ0) is 14.2. The molecule has 0 bridgehead atoms. The van der Waals surface area contributed by atoms with E-state index < -0.39 is 10.0 Å². The Labute approximate surface area is 112 Å². The van der Waals surface area contributed by atoms with E-state index in [4.69, 9.17) is 5.14 Å². The van der Waals surface area contributed by atoms with Gasteiger partial charge < -0.3 is 4.90 Å². The number of hydrogen-bond acceptors (Lipinski definition) is 4. The predicted molar refractivity (Wildman–Crippen MR) is 72.1 cm³/mol. The first-order valence-electron chi connectivity index (χ1n) is 6.01. The Morgan fingerprint density at radius 3 is 2.74 bits per heavy atom. The number of sulfonamides is 1. The average Bonchev–Trinajstić information content (AvgIpc) is 2.56. The molecule has 1 aliphatic rings. The van der Waals surface area contributed by atoms with Crippen LogP contribution in [-0.4, -0.2) is 31.6 Å². The van der Waals surface area contributed by atoms with Crippen LogP contribution in [0.25, 0.3) is 0 Å². The Kier molecular flexibility index (Phi) is 3.60. The molecule has 1 fully saturated rings. The number of aryl methyl sites for hydroxylation is 2. The SMILES string of the molecule is Cc1ccnc(C)c1N1CC(CS(N)(=O)=O)CC1=O. The summed E-state index contributed by atoms with van der Waals surface area (Å²) in [4.78, 5) is 17.8. The topological polar surface area (TPSA) is 93.4 Å². The van der Waals surface area contributed by atoms with E-state index in [-0.39, 0.29) is 24.0 Å². The van der Waals surface area contributed by atoms with Gasteiger partial charge in [-0.1, -0.05) is 0 Å². The van der Waals surface area contributed by atoms with E-state index in [1.165, 1.54) is 0 Å². The van der Waals surface area contributed by atoms with Crippen molar-refractivity contribution in [1.29, 1.82) is 0 Å². The van der Waals surface area contributed by atoms with Crippen molar-refractivity contribution in [3.63, 3.8) is 0 Å². The van der Waals surface area contributed by atoms with Crippen molar-refractivity contribution in [3.8, 4) is 0 Å². The molecule has 1 aromatic rings. The lowest BCUT2D eigenvalue weighted by Gasteiger charge is -2.20. The van der Waals surface area contributed by atoms with Crippen LogP contribution in [0.15, 0.2) is 12.3 Å². The third-order valence-corrected chi connectivity index (χ3v) is 4.19. The molecule has 0 aliphatic carbocycles. The van der Waals surface area contributed by atoms with E-state index in [9.17, 15) is 13.2 Å². The molecule has 1 amide bonds. The van der Waals surface area contributed by atoms with Gasteiger partial charge in [-0.25, -0.2) is 13.6 Å². The van der Waals surface area contributed by atoms with E-state index in [0.29, 0.717) is 6.54 Å². The van der Waals surface area contributed by atoms with Crippen molar-refractivity contribution in [3.05, 3.63) is 23.5 Å². The summed E-state index contributed by atoms with van der Waals surface area (Å²) in [5.41, 5.74) is 2.51. The predicted octanol–water partition coefficient (Wildman–Crippen LogP) is 0.340. The van der Waals surface area contributed by atoms with Crippen LogP contribution in [0.1, 0.15) is 17.7 Å².